The number of carbonyl (C=O) groups is 1. The molecule has 10 heteroatoms. The van der Waals surface area contributed by atoms with E-state index in [-0.39, 0.29) is 5.91 Å². The smallest absolute Gasteiger partial charge is 0.263 e. The van der Waals surface area contributed by atoms with E-state index in [0.29, 0.717) is 54.5 Å². The molecule has 2 aromatic heterocycles. The normalized spacial score (nSPS) is 11.7. The number of benzene rings is 2. The summed E-state index contributed by atoms with van der Waals surface area (Å²) in [5.41, 5.74) is 3.37. The third kappa shape index (κ3) is 7.22. The van der Waals surface area contributed by atoms with Crippen LogP contribution in [0, 0.1) is 13.8 Å². The lowest BCUT2D eigenvalue weighted by atomic mass is 10.1. The summed E-state index contributed by atoms with van der Waals surface area (Å²) < 4.78 is 22.6. The second-order valence-corrected chi connectivity index (χ2v) is 9.29. The van der Waals surface area contributed by atoms with Gasteiger partial charge in [0.1, 0.15) is 29.4 Å². The van der Waals surface area contributed by atoms with Gasteiger partial charge in [0.15, 0.2) is 6.10 Å². The molecular weight excluding hydrogens is 510 g/mol. The summed E-state index contributed by atoms with van der Waals surface area (Å²) in [5, 5.41) is 4.06. The van der Waals surface area contributed by atoms with Crippen LogP contribution < -0.4 is 14.8 Å². The van der Waals surface area contributed by atoms with Crippen molar-refractivity contribution in [1.29, 1.82) is 0 Å². The number of anilines is 2. The third-order valence-electron chi connectivity index (χ3n) is 6.27. The number of nitrogens with one attached hydrogen (secondary N) is 1. The molecule has 1 N–H and O–H groups in total. The minimum absolute atomic E-state index is 0.160. The van der Waals surface area contributed by atoms with Crippen molar-refractivity contribution in [2.45, 2.75) is 26.9 Å². The van der Waals surface area contributed by atoms with Gasteiger partial charge in [0.05, 0.1) is 30.3 Å². The first kappa shape index (κ1) is 28.7. The Morgan fingerprint density at radius 1 is 0.950 bits per heavy atom. The highest BCUT2D eigenvalue weighted by atomic mass is 16.5. The molecule has 0 saturated carbocycles. The van der Waals surface area contributed by atoms with Crippen molar-refractivity contribution in [2.75, 3.05) is 45.8 Å². The molecule has 0 radical (unpaired) electrons. The summed E-state index contributed by atoms with van der Waals surface area (Å²) in [5.74, 6) is 2.30. The highest BCUT2D eigenvalue weighted by molar-refractivity contribution is 5.96. The van der Waals surface area contributed by atoms with Gasteiger partial charge >= 0.3 is 0 Å². The number of amides is 1. The number of carbonyl (C=O) groups excluding carboxylic acids is 1. The largest absolute Gasteiger partial charge is 0.480 e. The second kappa shape index (κ2) is 13.7. The molecule has 2 heterocycles. The lowest BCUT2D eigenvalue weighted by Crippen LogP contribution is -2.43. The lowest BCUT2D eigenvalue weighted by molar-refractivity contribution is -0.139. The summed E-state index contributed by atoms with van der Waals surface area (Å²) in [6, 6.07) is 15.1. The highest BCUT2D eigenvalue weighted by Crippen LogP contribution is 2.34. The van der Waals surface area contributed by atoms with Gasteiger partial charge in [-0.15, -0.1) is 0 Å². The van der Waals surface area contributed by atoms with Crippen LogP contribution in [0.5, 0.6) is 17.2 Å². The molecule has 0 fully saturated rings. The van der Waals surface area contributed by atoms with Gasteiger partial charge in [0.2, 0.25) is 0 Å². The molecule has 0 bridgehead atoms. The summed E-state index contributed by atoms with van der Waals surface area (Å²) in [4.78, 5) is 28.1. The van der Waals surface area contributed by atoms with Crippen LogP contribution >= 0.6 is 0 Å². The molecule has 1 atom stereocenters. The number of pyridine rings is 1. The summed E-state index contributed by atoms with van der Waals surface area (Å²) in [6.45, 7) is 7.36. The zero-order chi connectivity index (χ0) is 28.5. The van der Waals surface area contributed by atoms with Gasteiger partial charge in [-0.1, -0.05) is 6.07 Å². The molecule has 0 unspecified atom stereocenters. The fourth-order valence-corrected chi connectivity index (χ4v) is 4.12. The molecule has 1 amide bonds. The number of aryl methyl sites for hydroxylation is 2. The number of fused-ring (bicyclic) bond motifs is 1. The molecule has 0 spiro atoms. The van der Waals surface area contributed by atoms with Gasteiger partial charge in [-0.3, -0.25) is 9.78 Å². The van der Waals surface area contributed by atoms with E-state index in [1.165, 1.54) is 6.33 Å². The Labute approximate surface area is 234 Å². The van der Waals surface area contributed by atoms with Crippen LogP contribution in [-0.4, -0.2) is 72.4 Å². The van der Waals surface area contributed by atoms with Crippen molar-refractivity contribution < 1.29 is 23.7 Å². The Morgan fingerprint density at radius 3 is 2.40 bits per heavy atom. The molecule has 0 aliphatic rings. The Kier molecular flexibility index (Phi) is 9.82. The Bertz CT molecular complexity index is 1420. The maximum absolute atomic E-state index is 13.2. The molecule has 10 nitrogen and oxygen atoms in total. The molecule has 40 heavy (non-hydrogen) atoms. The number of ether oxygens (including phenoxy) is 4. The van der Waals surface area contributed by atoms with Gasteiger partial charge in [-0.2, -0.15) is 0 Å². The highest BCUT2D eigenvalue weighted by Gasteiger charge is 2.23. The maximum atomic E-state index is 13.2. The average Bonchev–Trinajstić information content (AvgIpc) is 2.95. The van der Waals surface area contributed by atoms with Crippen molar-refractivity contribution in [3.63, 3.8) is 0 Å². The molecule has 2 aromatic carbocycles. The minimum atomic E-state index is -0.748. The van der Waals surface area contributed by atoms with Crippen LogP contribution in [0.15, 0.2) is 61.1 Å². The topological polar surface area (TPSA) is 108 Å². The molecule has 4 rings (SSSR count). The van der Waals surface area contributed by atoms with E-state index < -0.39 is 6.10 Å². The van der Waals surface area contributed by atoms with Crippen molar-refractivity contribution >= 4 is 28.3 Å². The van der Waals surface area contributed by atoms with E-state index in [9.17, 15) is 4.79 Å². The van der Waals surface area contributed by atoms with E-state index in [2.05, 4.69) is 20.3 Å². The number of hydrogen-bond donors (Lipinski definition) is 1. The number of aromatic nitrogens is 3. The van der Waals surface area contributed by atoms with Crippen molar-refractivity contribution in [3.05, 3.63) is 72.3 Å². The van der Waals surface area contributed by atoms with Crippen LogP contribution in [0.4, 0.5) is 11.5 Å². The molecule has 210 valence electrons. The van der Waals surface area contributed by atoms with E-state index in [1.54, 1.807) is 32.2 Å². The summed E-state index contributed by atoms with van der Waals surface area (Å²) in [6.07, 6.45) is 2.45. The first-order valence-electron chi connectivity index (χ1n) is 13.0. The predicted octanol–water partition coefficient (Wildman–Crippen LogP) is 5.07. The second-order valence-electron chi connectivity index (χ2n) is 9.29. The minimum Gasteiger partial charge on any atom is -0.480 e. The zero-order valence-electron chi connectivity index (χ0n) is 23.5. The van der Waals surface area contributed by atoms with Crippen LogP contribution in [0.25, 0.3) is 10.9 Å². The Balaban J connectivity index is 1.55. The van der Waals surface area contributed by atoms with Crippen molar-refractivity contribution in [2.24, 2.45) is 0 Å². The van der Waals surface area contributed by atoms with Crippen molar-refractivity contribution in [3.8, 4) is 17.2 Å². The van der Waals surface area contributed by atoms with Gasteiger partial charge < -0.3 is 29.2 Å². The fraction of sp³-hybridized carbons (Fsp3) is 0.333. The number of hydrogen-bond acceptors (Lipinski definition) is 9. The van der Waals surface area contributed by atoms with Crippen LogP contribution in [0.1, 0.15) is 18.2 Å². The van der Waals surface area contributed by atoms with Gasteiger partial charge in [0.25, 0.3) is 5.91 Å². The van der Waals surface area contributed by atoms with Gasteiger partial charge in [-0.25, -0.2) is 9.97 Å². The van der Waals surface area contributed by atoms with Gasteiger partial charge in [-0.05, 0) is 68.8 Å². The van der Waals surface area contributed by atoms with Crippen LogP contribution in [0.2, 0.25) is 0 Å². The van der Waals surface area contributed by atoms with Gasteiger partial charge in [0, 0.05) is 38.7 Å². The quantitative estimate of drug-likeness (QED) is 0.246. The first-order valence-corrected chi connectivity index (χ1v) is 13.0. The van der Waals surface area contributed by atoms with E-state index in [0.717, 1.165) is 22.7 Å². The SMILES string of the molecule is COCCN(CCOC)C(=O)[C@@H](C)Oc1cccc2ncnc(Nc3ccc(Oc4ccc(C)nc4)c(C)c3)c12. The monoisotopic (exact) mass is 545 g/mol. The Morgan fingerprint density at radius 2 is 1.73 bits per heavy atom. The lowest BCUT2D eigenvalue weighted by Gasteiger charge is -2.26. The fourth-order valence-electron chi connectivity index (χ4n) is 4.12. The summed E-state index contributed by atoms with van der Waals surface area (Å²) in [7, 11) is 3.21. The van der Waals surface area contributed by atoms with Crippen LogP contribution in [-0.2, 0) is 14.3 Å². The number of methoxy groups -OCH3 is 2. The number of nitrogens with zero attached hydrogens (tertiary/aromatic N) is 4. The van der Waals surface area contributed by atoms with Crippen molar-refractivity contribution in [1.82, 2.24) is 19.9 Å². The summed E-state index contributed by atoms with van der Waals surface area (Å²) >= 11 is 0. The zero-order valence-corrected chi connectivity index (χ0v) is 23.5. The standard InChI is InChI=1S/C30H35N5O5/c1-20-17-23(10-12-26(20)40-24-11-9-21(2)31-18-24)34-29-28-25(32-19-33-29)7-6-8-27(28)39-22(3)30(36)35(13-15-37-4)14-16-38-5/h6-12,17-19,22H,13-16H2,1-5H3,(H,32,33,34)/t22-/m1/s1. The average molecular weight is 546 g/mol. The third-order valence-corrected chi connectivity index (χ3v) is 6.27. The molecular formula is C30H35N5O5. The van der Waals surface area contributed by atoms with E-state index >= 15 is 0 Å². The number of rotatable bonds is 13. The Hall–Kier alpha value is -4.28. The van der Waals surface area contributed by atoms with E-state index in [1.807, 2.05) is 62.4 Å². The van der Waals surface area contributed by atoms with Crippen LogP contribution in [0.3, 0.4) is 0 Å². The molecule has 0 aliphatic heterocycles. The molecule has 4 aromatic rings. The van der Waals surface area contributed by atoms with E-state index in [4.69, 9.17) is 18.9 Å². The maximum Gasteiger partial charge on any atom is 0.263 e. The first-order chi connectivity index (χ1) is 19.4. The molecule has 0 aliphatic carbocycles. The molecule has 0 saturated heterocycles. The predicted molar refractivity (Wildman–Crippen MR) is 153 cm³/mol.